The molecule has 96 valence electrons. The van der Waals surface area contributed by atoms with Crippen LogP contribution in [-0.4, -0.2) is 21.3 Å². The molecule has 0 atom stereocenters. The molecule has 0 aliphatic rings. The number of aromatic nitrogens is 3. The fraction of sp³-hybridized carbons (Fsp3) is 0.429. The van der Waals surface area contributed by atoms with Gasteiger partial charge in [0.25, 0.3) is 0 Å². The minimum absolute atomic E-state index is 0.740. The van der Waals surface area contributed by atoms with E-state index in [0.717, 1.165) is 19.0 Å². The van der Waals surface area contributed by atoms with Crippen LogP contribution < -0.4 is 5.32 Å². The Morgan fingerprint density at radius 2 is 2.00 bits per heavy atom. The number of nitrogens with zero attached hydrogens (tertiary/aromatic N) is 3. The summed E-state index contributed by atoms with van der Waals surface area (Å²) in [4.78, 5) is 3.93. The summed E-state index contributed by atoms with van der Waals surface area (Å²) >= 11 is 0. The van der Waals surface area contributed by atoms with E-state index in [1.807, 2.05) is 4.68 Å². The van der Waals surface area contributed by atoms with Crippen LogP contribution in [0.2, 0.25) is 0 Å². The van der Waals surface area contributed by atoms with Crippen molar-refractivity contribution < 1.29 is 0 Å². The van der Waals surface area contributed by atoms with Crippen molar-refractivity contribution in [3.8, 4) is 0 Å². The van der Waals surface area contributed by atoms with Crippen LogP contribution >= 0.6 is 0 Å². The molecule has 0 radical (unpaired) electrons. The lowest BCUT2D eigenvalue weighted by molar-refractivity contribution is 0.607. The standard InChI is InChI=1S/C14H20N4/c1-12(2)7-8-16-14-5-3-13(4-6-14)9-18-11-15-10-17-18/h3-6,10-12,16H,7-9H2,1-2H3. The highest BCUT2D eigenvalue weighted by Gasteiger charge is 1.97. The second kappa shape index (κ2) is 6.19. The molecule has 0 aliphatic carbocycles. The van der Waals surface area contributed by atoms with Crippen molar-refractivity contribution in [1.29, 1.82) is 0 Å². The number of hydrogen-bond acceptors (Lipinski definition) is 3. The van der Waals surface area contributed by atoms with E-state index in [1.54, 1.807) is 12.7 Å². The van der Waals surface area contributed by atoms with Crippen LogP contribution in [0.25, 0.3) is 0 Å². The summed E-state index contributed by atoms with van der Waals surface area (Å²) in [6.45, 7) is 6.28. The van der Waals surface area contributed by atoms with Gasteiger partial charge in [-0.25, -0.2) is 9.67 Å². The fourth-order valence-corrected chi connectivity index (χ4v) is 1.73. The van der Waals surface area contributed by atoms with Crippen LogP contribution in [0.4, 0.5) is 5.69 Å². The molecule has 0 fully saturated rings. The summed E-state index contributed by atoms with van der Waals surface area (Å²) in [6.07, 6.45) is 4.48. The molecule has 2 aromatic rings. The van der Waals surface area contributed by atoms with Gasteiger partial charge in [0.2, 0.25) is 0 Å². The molecule has 18 heavy (non-hydrogen) atoms. The van der Waals surface area contributed by atoms with Crippen LogP contribution in [0.3, 0.4) is 0 Å². The summed E-state index contributed by atoms with van der Waals surface area (Å²) in [7, 11) is 0. The molecule has 0 amide bonds. The predicted octanol–water partition coefficient (Wildman–Crippen LogP) is 2.78. The SMILES string of the molecule is CC(C)CCNc1ccc(Cn2cncn2)cc1. The Bertz CT molecular complexity index is 445. The van der Waals surface area contributed by atoms with Gasteiger partial charge in [0.1, 0.15) is 12.7 Å². The van der Waals surface area contributed by atoms with Gasteiger partial charge in [-0.3, -0.25) is 0 Å². The van der Waals surface area contributed by atoms with Gasteiger partial charge < -0.3 is 5.32 Å². The number of hydrogen-bond donors (Lipinski definition) is 1. The Morgan fingerprint density at radius 1 is 1.22 bits per heavy atom. The first-order chi connectivity index (χ1) is 8.74. The van der Waals surface area contributed by atoms with Crippen LogP contribution in [-0.2, 0) is 6.54 Å². The van der Waals surface area contributed by atoms with Crippen LogP contribution in [0, 0.1) is 5.92 Å². The second-order valence-electron chi connectivity index (χ2n) is 4.90. The van der Waals surface area contributed by atoms with E-state index in [2.05, 4.69) is 53.5 Å². The molecule has 0 unspecified atom stereocenters. The first kappa shape index (κ1) is 12.6. The van der Waals surface area contributed by atoms with E-state index in [-0.39, 0.29) is 0 Å². The molecule has 4 nitrogen and oxygen atoms in total. The van der Waals surface area contributed by atoms with Gasteiger partial charge in [-0.05, 0) is 30.0 Å². The molecule has 4 heteroatoms. The highest BCUT2D eigenvalue weighted by molar-refractivity contribution is 5.44. The van der Waals surface area contributed by atoms with Crippen LogP contribution in [0.1, 0.15) is 25.8 Å². The van der Waals surface area contributed by atoms with E-state index >= 15 is 0 Å². The third-order valence-corrected chi connectivity index (χ3v) is 2.82. The molecule has 2 rings (SSSR count). The lowest BCUT2D eigenvalue weighted by Gasteiger charge is -2.09. The van der Waals surface area contributed by atoms with Crippen molar-refractivity contribution in [3.63, 3.8) is 0 Å². The van der Waals surface area contributed by atoms with Gasteiger partial charge in [0, 0.05) is 12.2 Å². The topological polar surface area (TPSA) is 42.7 Å². The van der Waals surface area contributed by atoms with Crippen molar-refractivity contribution in [3.05, 3.63) is 42.5 Å². The summed E-state index contributed by atoms with van der Waals surface area (Å²) < 4.78 is 1.82. The fourth-order valence-electron chi connectivity index (χ4n) is 1.73. The third kappa shape index (κ3) is 3.87. The molecule has 0 spiro atoms. The zero-order valence-electron chi connectivity index (χ0n) is 11.0. The number of nitrogens with one attached hydrogen (secondary N) is 1. The summed E-state index contributed by atoms with van der Waals surface area (Å²) in [5.74, 6) is 0.740. The summed E-state index contributed by atoms with van der Waals surface area (Å²) in [5, 5.41) is 7.52. The molecule has 1 heterocycles. The smallest absolute Gasteiger partial charge is 0.137 e. The molecular formula is C14H20N4. The van der Waals surface area contributed by atoms with E-state index in [9.17, 15) is 0 Å². The second-order valence-corrected chi connectivity index (χ2v) is 4.90. The quantitative estimate of drug-likeness (QED) is 0.849. The third-order valence-electron chi connectivity index (χ3n) is 2.82. The Balaban J connectivity index is 1.85. The van der Waals surface area contributed by atoms with Crippen molar-refractivity contribution >= 4 is 5.69 Å². The van der Waals surface area contributed by atoms with Gasteiger partial charge in [-0.1, -0.05) is 26.0 Å². The summed E-state index contributed by atoms with van der Waals surface area (Å²) in [6, 6.07) is 8.48. The lowest BCUT2D eigenvalue weighted by Crippen LogP contribution is -2.05. The average Bonchev–Trinajstić information content (AvgIpc) is 2.84. The zero-order chi connectivity index (χ0) is 12.8. The Morgan fingerprint density at radius 3 is 2.61 bits per heavy atom. The highest BCUT2D eigenvalue weighted by Crippen LogP contribution is 2.11. The zero-order valence-corrected chi connectivity index (χ0v) is 11.0. The minimum atomic E-state index is 0.740. The predicted molar refractivity (Wildman–Crippen MR) is 73.5 cm³/mol. The van der Waals surface area contributed by atoms with Gasteiger partial charge in [-0.15, -0.1) is 0 Å². The Labute approximate surface area is 108 Å². The molecular weight excluding hydrogens is 224 g/mol. The highest BCUT2D eigenvalue weighted by atomic mass is 15.3. The minimum Gasteiger partial charge on any atom is -0.385 e. The van der Waals surface area contributed by atoms with E-state index in [1.165, 1.54) is 17.7 Å². The van der Waals surface area contributed by atoms with Gasteiger partial charge in [0.15, 0.2) is 0 Å². The van der Waals surface area contributed by atoms with Crippen LogP contribution in [0.15, 0.2) is 36.9 Å². The van der Waals surface area contributed by atoms with Crippen molar-refractivity contribution in [2.24, 2.45) is 5.92 Å². The lowest BCUT2D eigenvalue weighted by atomic mass is 10.1. The molecule has 1 N–H and O–H groups in total. The van der Waals surface area contributed by atoms with Crippen LogP contribution in [0.5, 0.6) is 0 Å². The number of benzene rings is 1. The maximum absolute atomic E-state index is 4.09. The molecule has 0 saturated carbocycles. The Hall–Kier alpha value is -1.84. The maximum Gasteiger partial charge on any atom is 0.137 e. The van der Waals surface area contributed by atoms with Gasteiger partial charge in [0.05, 0.1) is 6.54 Å². The first-order valence-corrected chi connectivity index (χ1v) is 6.39. The number of anilines is 1. The monoisotopic (exact) mass is 244 g/mol. The van der Waals surface area contributed by atoms with Crippen molar-refractivity contribution in [1.82, 2.24) is 14.8 Å². The van der Waals surface area contributed by atoms with Crippen molar-refractivity contribution in [2.75, 3.05) is 11.9 Å². The van der Waals surface area contributed by atoms with Gasteiger partial charge >= 0.3 is 0 Å². The summed E-state index contributed by atoms with van der Waals surface area (Å²) in [5.41, 5.74) is 2.41. The molecule has 0 saturated heterocycles. The van der Waals surface area contributed by atoms with Crippen molar-refractivity contribution in [2.45, 2.75) is 26.8 Å². The first-order valence-electron chi connectivity index (χ1n) is 6.39. The normalized spacial score (nSPS) is 10.8. The van der Waals surface area contributed by atoms with Gasteiger partial charge in [-0.2, -0.15) is 5.10 Å². The van der Waals surface area contributed by atoms with E-state index < -0.39 is 0 Å². The molecule has 0 aliphatic heterocycles. The van der Waals surface area contributed by atoms with E-state index in [0.29, 0.717) is 0 Å². The average molecular weight is 244 g/mol. The molecule has 1 aromatic carbocycles. The number of rotatable bonds is 6. The maximum atomic E-state index is 4.09. The Kier molecular flexibility index (Phi) is 4.34. The largest absolute Gasteiger partial charge is 0.385 e. The molecule has 1 aromatic heterocycles. The molecule has 0 bridgehead atoms. The van der Waals surface area contributed by atoms with E-state index in [4.69, 9.17) is 0 Å².